The van der Waals surface area contributed by atoms with Crippen molar-refractivity contribution in [2.45, 2.75) is 58.8 Å². The van der Waals surface area contributed by atoms with Crippen molar-refractivity contribution < 1.29 is 19.3 Å². The molecule has 8 heteroatoms. The van der Waals surface area contributed by atoms with Gasteiger partial charge in [-0.25, -0.2) is 0 Å². The highest BCUT2D eigenvalue weighted by molar-refractivity contribution is 5.85. The maximum Gasteiger partial charge on any atom is 0.231 e. The lowest BCUT2D eigenvalue weighted by atomic mass is 9.76. The Bertz CT molecular complexity index is 716. The van der Waals surface area contributed by atoms with Gasteiger partial charge in [0.25, 0.3) is 0 Å². The topological polar surface area (TPSA) is 54.4 Å². The van der Waals surface area contributed by atoms with Gasteiger partial charge in [-0.05, 0) is 54.7 Å². The number of β-amino-alcohol motifs (C(OH)–C–C–N with tert-alkyl or cyclic N) is 1. The molecule has 0 spiro atoms. The van der Waals surface area contributed by atoms with Crippen molar-refractivity contribution >= 4 is 24.8 Å². The summed E-state index contributed by atoms with van der Waals surface area (Å²) >= 11 is 0. The molecule has 1 saturated heterocycles. The second kappa shape index (κ2) is 13.4. The van der Waals surface area contributed by atoms with Crippen molar-refractivity contribution in [3.8, 4) is 11.5 Å². The molecule has 1 aromatic carbocycles. The SMILES string of the molecule is CC(C)C1CCC(C)C(OCC(O)CN2CCN(Cc3ccc4c(c3)OCO4)CC2)C1.Cl.Cl. The van der Waals surface area contributed by atoms with Crippen molar-refractivity contribution in [3.63, 3.8) is 0 Å². The average molecular weight is 506 g/mol. The fourth-order valence-electron chi connectivity index (χ4n) is 5.16. The molecule has 1 N–H and O–H groups in total. The van der Waals surface area contributed by atoms with Crippen molar-refractivity contribution in [3.05, 3.63) is 23.8 Å². The number of rotatable bonds is 8. The van der Waals surface area contributed by atoms with Crippen LogP contribution in [-0.4, -0.2) is 73.2 Å². The molecule has 33 heavy (non-hydrogen) atoms. The second-order valence-electron chi connectivity index (χ2n) is 10.1. The predicted molar refractivity (Wildman–Crippen MR) is 136 cm³/mol. The van der Waals surface area contributed by atoms with Crippen LogP contribution in [0.4, 0.5) is 0 Å². The van der Waals surface area contributed by atoms with Gasteiger partial charge in [0.1, 0.15) is 0 Å². The largest absolute Gasteiger partial charge is 0.454 e. The van der Waals surface area contributed by atoms with E-state index in [2.05, 4.69) is 42.7 Å². The van der Waals surface area contributed by atoms with Crippen molar-refractivity contribution in [2.75, 3.05) is 46.1 Å². The van der Waals surface area contributed by atoms with Crippen LogP contribution in [0, 0.1) is 17.8 Å². The summed E-state index contributed by atoms with van der Waals surface area (Å²) in [5.41, 5.74) is 1.26. The van der Waals surface area contributed by atoms with Gasteiger partial charge in [-0.2, -0.15) is 0 Å². The highest BCUT2D eigenvalue weighted by Gasteiger charge is 2.30. The van der Waals surface area contributed by atoms with Gasteiger partial charge in [0.2, 0.25) is 6.79 Å². The van der Waals surface area contributed by atoms with E-state index in [1.807, 2.05) is 6.07 Å². The van der Waals surface area contributed by atoms with E-state index < -0.39 is 6.10 Å². The van der Waals surface area contributed by atoms with Gasteiger partial charge < -0.3 is 19.3 Å². The van der Waals surface area contributed by atoms with Gasteiger partial charge in [0.15, 0.2) is 11.5 Å². The van der Waals surface area contributed by atoms with E-state index in [0.717, 1.165) is 62.5 Å². The summed E-state index contributed by atoms with van der Waals surface area (Å²) in [5.74, 6) is 3.77. The molecular formula is C25H42Cl2N2O4. The normalized spacial score (nSPS) is 26.5. The molecule has 2 heterocycles. The summed E-state index contributed by atoms with van der Waals surface area (Å²) in [4.78, 5) is 4.83. The van der Waals surface area contributed by atoms with Gasteiger partial charge in [-0.1, -0.05) is 26.8 Å². The number of aliphatic hydroxyl groups excluding tert-OH is 1. The Morgan fingerprint density at radius 2 is 1.73 bits per heavy atom. The fourth-order valence-corrected chi connectivity index (χ4v) is 5.16. The molecule has 0 radical (unpaired) electrons. The van der Waals surface area contributed by atoms with Crippen molar-refractivity contribution in [1.82, 2.24) is 9.80 Å². The molecule has 0 aromatic heterocycles. The van der Waals surface area contributed by atoms with Crippen LogP contribution in [0.15, 0.2) is 18.2 Å². The number of halogens is 2. The first kappa shape index (κ1) is 28.5. The molecule has 2 aliphatic heterocycles. The van der Waals surface area contributed by atoms with Crippen LogP contribution in [0.3, 0.4) is 0 Å². The van der Waals surface area contributed by atoms with Gasteiger partial charge >= 0.3 is 0 Å². The third kappa shape index (κ3) is 7.87. The van der Waals surface area contributed by atoms with Crippen LogP contribution in [-0.2, 0) is 11.3 Å². The maximum atomic E-state index is 10.6. The number of hydrogen-bond donors (Lipinski definition) is 1. The zero-order valence-electron chi connectivity index (χ0n) is 20.3. The monoisotopic (exact) mass is 504 g/mol. The molecule has 0 bridgehead atoms. The quantitative estimate of drug-likeness (QED) is 0.571. The van der Waals surface area contributed by atoms with E-state index in [1.165, 1.54) is 18.4 Å². The highest BCUT2D eigenvalue weighted by atomic mass is 35.5. The minimum atomic E-state index is -0.410. The van der Waals surface area contributed by atoms with Gasteiger partial charge in [0.05, 0.1) is 18.8 Å². The van der Waals surface area contributed by atoms with Crippen LogP contribution in [0.25, 0.3) is 0 Å². The van der Waals surface area contributed by atoms with Crippen molar-refractivity contribution in [2.24, 2.45) is 17.8 Å². The molecule has 3 aliphatic rings. The van der Waals surface area contributed by atoms with Gasteiger partial charge in [0, 0.05) is 39.3 Å². The summed E-state index contributed by atoms with van der Waals surface area (Å²) in [5, 5.41) is 10.6. The molecule has 4 unspecified atom stereocenters. The first-order valence-corrected chi connectivity index (χ1v) is 12.1. The minimum Gasteiger partial charge on any atom is -0.454 e. The third-order valence-electron chi connectivity index (χ3n) is 7.39. The standard InChI is InChI=1S/C25H40N2O4.2ClH/c1-18(2)21-6-4-19(3)24(13-21)29-16-22(28)15-27-10-8-26(9-11-27)14-20-5-7-23-25(12-20)31-17-30-23;;/h5,7,12,18-19,21-22,24,28H,4,6,8-11,13-17H2,1-3H3;2*1H. The average Bonchev–Trinajstić information content (AvgIpc) is 3.22. The first-order valence-electron chi connectivity index (χ1n) is 12.1. The lowest BCUT2D eigenvalue weighted by molar-refractivity contribution is -0.0678. The number of piperazine rings is 1. The Labute approximate surface area is 211 Å². The molecule has 4 atom stereocenters. The number of benzene rings is 1. The van der Waals surface area contributed by atoms with Crippen LogP contribution in [0.1, 0.15) is 45.6 Å². The zero-order chi connectivity index (χ0) is 21.8. The Hall–Kier alpha value is -0.760. The first-order chi connectivity index (χ1) is 15.0. The van der Waals surface area contributed by atoms with E-state index >= 15 is 0 Å². The van der Waals surface area contributed by atoms with Crippen LogP contribution < -0.4 is 9.47 Å². The molecule has 190 valence electrons. The van der Waals surface area contributed by atoms with Crippen LogP contribution in [0.2, 0.25) is 0 Å². The molecule has 4 rings (SSSR count). The minimum absolute atomic E-state index is 0. The summed E-state index contributed by atoms with van der Waals surface area (Å²) in [6.45, 7) is 13.3. The second-order valence-corrected chi connectivity index (χ2v) is 10.1. The van der Waals surface area contributed by atoms with Crippen LogP contribution >= 0.6 is 24.8 Å². The summed E-state index contributed by atoms with van der Waals surface area (Å²) in [6, 6.07) is 6.21. The van der Waals surface area contributed by atoms with Gasteiger partial charge in [-0.3, -0.25) is 9.80 Å². The predicted octanol–water partition coefficient (Wildman–Crippen LogP) is 4.21. The fraction of sp³-hybridized carbons (Fsp3) is 0.760. The lowest BCUT2D eigenvalue weighted by Gasteiger charge is -2.37. The summed E-state index contributed by atoms with van der Waals surface area (Å²) in [6.07, 6.45) is 3.60. The molecule has 1 saturated carbocycles. The molecule has 1 aliphatic carbocycles. The number of hydrogen-bond acceptors (Lipinski definition) is 6. The highest BCUT2D eigenvalue weighted by Crippen LogP contribution is 2.35. The Balaban J connectivity index is 0.00000193. The zero-order valence-corrected chi connectivity index (χ0v) is 21.9. The molecule has 0 amide bonds. The molecule has 2 fully saturated rings. The van der Waals surface area contributed by atoms with E-state index in [-0.39, 0.29) is 24.8 Å². The number of aliphatic hydroxyl groups is 1. The van der Waals surface area contributed by atoms with E-state index in [9.17, 15) is 5.11 Å². The smallest absolute Gasteiger partial charge is 0.231 e. The van der Waals surface area contributed by atoms with E-state index in [4.69, 9.17) is 14.2 Å². The van der Waals surface area contributed by atoms with E-state index in [0.29, 0.717) is 32.0 Å². The molecule has 6 nitrogen and oxygen atoms in total. The Kier molecular flexibility index (Phi) is 11.5. The van der Waals surface area contributed by atoms with Crippen molar-refractivity contribution in [1.29, 1.82) is 0 Å². The van der Waals surface area contributed by atoms with Crippen LogP contribution in [0.5, 0.6) is 11.5 Å². The number of ether oxygens (including phenoxy) is 3. The lowest BCUT2D eigenvalue weighted by Crippen LogP contribution is -2.49. The molecular weight excluding hydrogens is 463 g/mol. The number of nitrogens with zero attached hydrogens (tertiary/aromatic N) is 2. The molecule has 1 aromatic rings. The maximum absolute atomic E-state index is 10.6. The summed E-state index contributed by atoms with van der Waals surface area (Å²) < 4.78 is 17.1. The number of fused-ring (bicyclic) bond motifs is 1. The Morgan fingerprint density at radius 1 is 1.03 bits per heavy atom. The third-order valence-corrected chi connectivity index (χ3v) is 7.39. The summed E-state index contributed by atoms with van der Waals surface area (Å²) in [7, 11) is 0. The van der Waals surface area contributed by atoms with E-state index in [1.54, 1.807) is 0 Å². The van der Waals surface area contributed by atoms with Gasteiger partial charge in [-0.15, -0.1) is 24.8 Å². The Morgan fingerprint density at radius 3 is 2.45 bits per heavy atom.